The van der Waals surface area contributed by atoms with E-state index in [9.17, 15) is 4.79 Å². The van der Waals surface area contributed by atoms with Gasteiger partial charge in [0, 0.05) is 6.54 Å². The van der Waals surface area contributed by atoms with E-state index in [0.717, 1.165) is 36.1 Å². The van der Waals surface area contributed by atoms with Crippen LogP contribution < -0.4 is 11.1 Å². The average molecular weight is 264 g/mol. The highest BCUT2D eigenvalue weighted by Gasteiger charge is 2.47. The van der Waals surface area contributed by atoms with Gasteiger partial charge in [-0.1, -0.05) is 13.8 Å². The van der Waals surface area contributed by atoms with Crippen LogP contribution in [0.3, 0.4) is 0 Å². The van der Waals surface area contributed by atoms with Crippen molar-refractivity contribution < 1.29 is 4.79 Å². The molecule has 0 aromatic heterocycles. The molecule has 108 valence electrons. The third kappa shape index (κ3) is 2.54. The molecule has 0 aromatic rings. The molecule has 1 atom stereocenters. The van der Waals surface area contributed by atoms with Gasteiger partial charge >= 0.3 is 0 Å². The molecule has 3 N–H and O–H groups in total. The lowest BCUT2D eigenvalue weighted by atomic mass is 9.52. The quantitative estimate of drug-likeness (QED) is 0.817. The van der Waals surface area contributed by atoms with Gasteiger partial charge < -0.3 is 11.1 Å². The Kier molecular flexibility index (Phi) is 3.59. The fourth-order valence-electron chi connectivity index (χ4n) is 5.01. The van der Waals surface area contributed by atoms with Crippen molar-refractivity contribution in [3.8, 4) is 0 Å². The Hall–Kier alpha value is -0.570. The van der Waals surface area contributed by atoms with Gasteiger partial charge in [0.05, 0.1) is 6.04 Å². The highest BCUT2D eigenvalue weighted by Crippen LogP contribution is 2.56. The highest BCUT2D eigenvalue weighted by molar-refractivity contribution is 5.81. The van der Waals surface area contributed by atoms with E-state index < -0.39 is 0 Å². The molecule has 4 saturated carbocycles. The van der Waals surface area contributed by atoms with Crippen molar-refractivity contribution in [3.63, 3.8) is 0 Å². The first-order valence-electron chi connectivity index (χ1n) is 8.08. The average Bonchev–Trinajstić information content (AvgIpc) is 2.35. The van der Waals surface area contributed by atoms with Crippen molar-refractivity contribution in [1.29, 1.82) is 0 Å². The predicted molar refractivity (Wildman–Crippen MR) is 76.4 cm³/mol. The van der Waals surface area contributed by atoms with Crippen molar-refractivity contribution in [3.05, 3.63) is 0 Å². The molecular formula is C16H28N2O. The Labute approximate surface area is 116 Å². The number of nitrogens with one attached hydrogen (secondary N) is 1. The predicted octanol–water partition coefficient (Wildman–Crippen LogP) is 2.16. The Balaban J connectivity index is 1.55. The Morgan fingerprint density at radius 3 is 2.11 bits per heavy atom. The van der Waals surface area contributed by atoms with Crippen LogP contribution in [0.1, 0.15) is 46.0 Å². The summed E-state index contributed by atoms with van der Waals surface area (Å²) in [5.41, 5.74) is 5.91. The van der Waals surface area contributed by atoms with Crippen molar-refractivity contribution in [2.75, 3.05) is 6.54 Å². The molecule has 3 nitrogen and oxygen atoms in total. The van der Waals surface area contributed by atoms with Crippen LogP contribution in [0.25, 0.3) is 0 Å². The fourth-order valence-corrected chi connectivity index (χ4v) is 5.01. The van der Waals surface area contributed by atoms with Gasteiger partial charge in [-0.25, -0.2) is 0 Å². The summed E-state index contributed by atoms with van der Waals surface area (Å²) in [7, 11) is 0. The number of hydrogen-bond acceptors (Lipinski definition) is 2. The summed E-state index contributed by atoms with van der Waals surface area (Å²) >= 11 is 0. The van der Waals surface area contributed by atoms with Crippen LogP contribution >= 0.6 is 0 Å². The molecule has 4 fully saturated rings. The van der Waals surface area contributed by atoms with Crippen LogP contribution in [-0.2, 0) is 4.79 Å². The van der Waals surface area contributed by atoms with E-state index in [4.69, 9.17) is 5.73 Å². The summed E-state index contributed by atoms with van der Waals surface area (Å²) in [6.45, 7) is 4.88. The van der Waals surface area contributed by atoms with E-state index in [1.807, 2.05) is 13.8 Å². The monoisotopic (exact) mass is 264 g/mol. The minimum Gasteiger partial charge on any atom is -0.354 e. The lowest BCUT2D eigenvalue weighted by Gasteiger charge is -2.54. The Morgan fingerprint density at radius 2 is 1.63 bits per heavy atom. The molecule has 0 radical (unpaired) electrons. The molecule has 4 bridgehead atoms. The SMILES string of the molecule is CC(C)C(N)C(=O)NCC1C2CC3CC(C2)CC1C3. The molecule has 0 heterocycles. The lowest BCUT2D eigenvalue weighted by molar-refractivity contribution is -0.124. The first kappa shape index (κ1) is 13.4. The first-order valence-corrected chi connectivity index (χ1v) is 8.08. The maximum absolute atomic E-state index is 12.0. The summed E-state index contributed by atoms with van der Waals surface area (Å²) in [4.78, 5) is 12.0. The summed E-state index contributed by atoms with van der Waals surface area (Å²) < 4.78 is 0. The van der Waals surface area contributed by atoms with E-state index in [-0.39, 0.29) is 17.9 Å². The molecule has 0 aliphatic heterocycles. The zero-order valence-corrected chi connectivity index (χ0v) is 12.3. The standard InChI is InChI=1S/C16H28N2O/c1-9(2)15(17)16(19)18-8-14-12-4-10-3-11(6-12)7-13(14)5-10/h9-15H,3-8,17H2,1-2H3,(H,18,19). The molecule has 0 saturated heterocycles. The van der Waals surface area contributed by atoms with E-state index in [1.54, 1.807) is 0 Å². The minimum absolute atomic E-state index is 0.0452. The zero-order chi connectivity index (χ0) is 13.6. The normalized spacial score (nSPS) is 41.6. The molecule has 4 aliphatic rings. The minimum atomic E-state index is -0.350. The summed E-state index contributed by atoms with van der Waals surface area (Å²) in [5, 5.41) is 3.13. The van der Waals surface area contributed by atoms with Crippen LogP contribution in [-0.4, -0.2) is 18.5 Å². The molecule has 3 heteroatoms. The third-order valence-electron chi connectivity index (χ3n) is 5.95. The van der Waals surface area contributed by atoms with Crippen LogP contribution in [0.2, 0.25) is 0 Å². The van der Waals surface area contributed by atoms with E-state index in [0.29, 0.717) is 0 Å². The van der Waals surface area contributed by atoms with Crippen molar-refractivity contribution in [2.45, 2.75) is 52.0 Å². The molecule has 4 aliphatic carbocycles. The number of carbonyl (C=O) groups is 1. The summed E-state index contributed by atoms with van der Waals surface area (Å²) in [6, 6.07) is -0.350. The number of carbonyl (C=O) groups excluding carboxylic acids is 1. The van der Waals surface area contributed by atoms with Crippen LogP contribution in [0.4, 0.5) is 0 Å². The molecule has 4 rings (SSSR count). The van der Waals surface area contributed by atoms with Crippen molar-refractivity contribution >= 4 is 5.91 Å². The van der Waals surface area contributed by atoms with Crippen LogP contribution in [0.5, 0.6) is 0 Å². The number of nitrogens with two attached hydrogens (primary N) is 1. The maximum atomic E-state index is 12.0. The largest absolute Gasteiger partial charge is 0.354 e. The van der Waals surface area contributed by atoms with E-state index in [2.05, 4.69) is 5.32 Å². The van der Waals surface area contributed by atoms with E-state index >= 15 is 0 Å². The van der Waals surface area contributed by atoms with Gasteiger partial charge in [0.2, 0.25) is 5.91 Å². The van der Waals surface area contributed by atoms with Gasteiger partial charge in [-0.3, -0.25) is 4.79 Å². The second-order valence-corrected chi connectivity index (χ2v) is 7.61. The first-order chi connectivity index (χ1) is 9.04. The van der Waals surface area contributed by atoms with Gasteiger partial charge in [-0.15, -0.1) is 0 Å². The molecule has 0 aromatic carbocycles. The summed E-state index contributed by atoms with van der Waals surface area (Å²) in [5.74, 6) is 4.77. The molecule has 1 unspecified atom stereocenters. The third-order valence-corrected chi connectivity index (χ3v) is 5.95. The van der Waals surface area contributed by atoms with Crippen molar-refractivity contribution in [1.82, 2.24) is 5.32 Å². The molecule has 19 heavy (non-hydrogen) atoms. The highest BCUT2D eigenvalue weighted by atomic mass is 16.2. The second kappa shape index (κ2) is 5.08. The van der Waals surface area contributed by atoms with Crippen LogP contribution in [0.15, 0.2) is 0 Å². The van der Waals surface area contributed by atoms with Gasteiger partial charge in [0.1, 0.15) is 0 Å². The Morgan fingerprint density at radius 1 is 1.11 bits per heavy atom. The molecular weight excluding hydrogens is 236 g/mol. The lowest BCUT2D eigenvalue weighted by Crippen LogP contribution is -2.51. The maximum Gasteiger partial charge on any atom is 0.237 e. The number of amides is 1. The molecule has 1 amide bonds. The zero-order valence-electron chi connectivity index (χ0n) is 12.3. The van der Waals surface area contributed by atoms with E-state index in [1.165, 1.54) is 32.1 Å². The van der Waals surface area contributed by atoms with Crippen molar-refractivity contribution in [2.24, 2.45) is 41.2 Å². The summed E-state index contributed by atoms with van der Waals surface area (Å²) in [6.07, 6.45) is 7.17. The van der Waals surface area contributed by atoms with Gasteiger partial charge in [0.15, 0.2) is 0 Å². The topological polar surface area (TPSA) is 55.1 Å². The number of hydrogen-bond donors (Lipinski definition) is 2. The number of rotatable bonds is 4. The fraction of sp³-hybridized carbons (Fsp3) is 0.938. The molecule has 0 spiro atoms. The van der Waals surface area contributed by atoms with Gasteiger partial charge in [0.25, 0.3) is 0 Å². The van der Waals surface area contributed by atoms with Gasteiger partial charge in [-0.2, -0.15) is 0 Å². The van der Waals surface area contributed by atoms with Gasteiger partial charge in [-0.05, 0) is 67.6 Å². The smallest absolute Gasteiger partial charge is 0.237 e. The Bertz CT molecular complexity index is 325. The second-order valence-electron chi connectivity index (χ2n) is 7.61. The van der Waals surface area contributed by atoms with Crippen LogP contribution in [0, 0.1) is 35.5 Å².